The fourth-order valence-electron chi connectivity index (χ4n) is 1.66. The van der Waals surface area contributed by atoms with E-state index in [9.17, 15) is 9.90 Å². The van der Waals surface area contributed by atoms with Crippen molar-refractivity contribution in [3.8, 4) is 0 Å². The molecule has 0 aliphatic carbocycles. The Morgan fingerprint density at radius 2 is 2.12 bits per heavy atom. The lowest BCUT2D eigenvalue weighted by atomic mass is 10.1. The van der Waals surface area contributed by atoms with Crippen LogP contribution in [0.5, 0.6) is 0 Å². The molecule has 0 saturated carbocycles. The van der Waals surface area contributed by atoms with Gasteiger partial charge in [0.15, 0.2) is 0 Å². The molecule has 0 spiro atoms. The number of halogens is 1. The Morgan fingerprint density at radius 3 is 2.65 bits per heavy atom. The SMILES string of the molecule is CC(O)CC(C)Nc1cc(Cl)ccc1C(=O)O. The molecular formula is C12H16ClNO3. The first-order chi connectivity index (χ1) is 7.90. The molecule has 0 radical (unpaired) electrons. The summed E-state index contributed by atoms with van der Waals surface area (Å²) >= 11 is 5.83. The number of benzene rings is 1. The zero-order chi connectivity index (χ0) is 13.0. The van der Waals surface area contributed by atoms with Gasteiger partial charge in [-0.25, -0.2) is 4.79 Å². The molecule has 0 saturated heterocycles. The van der Waals surface area contributed by atoms with Gasteiger partial charge < -0.3 is 15.5 Å². The lowest BCUT2D eigenvalue weighted by Crippen LogP contribution is -2.21. The molecule has 0 fully saturated rings. The van der Waals surface area contributed by atoms with Crippen LogP contribution < -0.4 is 5.32 Å². The van der Waals surface area contributed by atoms with Crippen molar-refractivity contribution >= 4 is 23.3 Å². The largest absolute Gasteiger partial charge is 0.478 e. The van der Waals surface area contributed by atoms with E-state index in [0.29, 0.717) is 17.1 Å². The number of carboxylic acids is 1. The number of hydrogen-bond acceptors (Lipinski definition) is 3. The third kappa shape index (κ3) is 4.24. The first-order valence-electron chi connectivity index (χ1n) is 5.37. The van der Waals surface area contributed by atoms with E-state index >= 15 is 0 Å². The van der Waals surface area contributed by atoms with Gasteiger partial charge in [0.2, 0.25) is 0 Å². The summed E-state index contributed by atoms with van der Waals surface area (Å²) in [7, 11) is 0. The second kappa shape index (κ2) is 5.89. The van der Waals surface area contributed by atoms with E-state index in [-0.39, 0.29) is 11.6 Å². The Bertz CT molecular complexity index is 407. The number of rotatable bonds is 5. The Kier molecular flexibility index (Phi) is 4.78. The van der Waals surface area contributed by atoms with E-state index < -0.39 is 12.1 Å². The normalized spacial score (nSPS) is 14.1. The van der Waals surface area contributed by atoms with Crippen molar-refractivity contribution in [3.05, 3.63) is 28.8 Å². The highest BCUT2D eigenvalue weighted by Crippen LogP contribution is 2.22. The Labute approximate surface area is 105 Å². The van der Waals surface area contributed by atoms with Crippen molar-refractivity contribution < 1.29 is 15.0 Å². The van der Waals surface area contributed by atoms with Crippen LogP contribution in [0, 0.1) is 0 Å². The van der Waals surface area contributed by atoms with Crippen LogP contribution in [0.25, 0.3) is 0 Å². The molecule has 2 atom stereocenters. The third-order valence-corrected chi connectivity index (χ3v) is 2.54. The molecule has 0 aliphatic rings. The van der Waals surface area contributed by atoms with E-state index in [1.54, 1.807) is 13.0 Å². The zero-order valence-electron chi connectivity index (χ0n) is 9.77. The molecule has 1 rings (SSSR count). The quantitative estimate of drug-likeness (QED) is 0.758. The van der Waals surface area contributed by atoms with Crippen LogP contribution in [-0.4, -0.2) is 28.3 Å². The van der Waals surface area contributed by atoms with Gasteiger partial charge in [-0.3, -0.25) is 0 Å². The molecule has 94 valence electrons. The molecular weight excluding hydrogens is 242 g/mol. The molecule has 1 aromatic carbocycles. The highest BCUT2D eigenvalue weighted by molar-refractivity contribution is 6.31. The monoisotopic (exact) mass is 257 g/mol. The summed E-state index contributed by atoms with van der Waals surface area (Å²) in [6, 6.07) is 4.54. The van der Waals surface area contributed by atoms with Gasteiger partial charge in [-0.05, 0) is 38.5 Å². The molecule has 4 nitrogen and oxygen atoms in total. The fourth-order valence-corrected chi connectivity index (χ4v) is 1.83. The minimum atomic E-state index is -1.01. The molecule has 0 amide bonds. The summed E-state index contributed by atoms with van der Waals surface area (Å²) < 4.78 is 0. The molecule has 0 heterocycles. The zero-order valence-corrected chi connectivity index (χ0v) is 10.5. The van der Waals surface area contributed by atoms with Crippen molar-refractivity contribution in [2.45, 2.75) is 32.4 Å². The Hall–Kier alpha value is -1.26. The van der Waals surface area contributed by atoms with Gasteiger partial charge in [0.1, 0.15) is 0 Å². The number of nitrogens with one attached hydrogen (secondary N) is 1. The number of hydrogen-bond donors (Lipinski definition) is 3. The van der Waals surface area contributed by atoms with Crippen LogP contribution in [0.2, 0.25) is 5.02 Å². The fraction of sp³-hybridized carbons (Fsp3) is 0.417. The van der Waals surface area contributed by atoms with E-state index in [4.69, 9.17) is 16.7 Å². The van der Waals surface area contributed by atoms with E-state index in [1.165, 1.54) is 12.1 Å². The van der Waals surface area contributed by atoms with E-state index in [1.807, 2.05) is 6.92 Å². The standard InChI is InChI=1S/C12H16ClNO3/c1-7(5-8(2)15)14-11-6-9(13)3-4-10(11)12(16)17/h3-4,6-8,14-15H,5H2,1-2H3,(H,16,17). The number of aromatic carboxylic acids is 1. The van der Waals surface area contributed by atoms with Crippen molar-refractivity contribution in [2.24, 2.45) is 0 Å². The van der Waals surface area contributed by atoms with Gasteiger partial charge in [0.05, 0.1) is 17.4 Å². The van der Waals surface area contributed by atoms with Crippen LogP contribution in [0.4, 0.5) is 5.69 Å². The molecule has 2 unspecified atom stereocenters. The molecule has 3 N–H and O–H groups in total. The second-order valence-corrected chi connectivity index (χ2v) is 4.56. The van der Waals surface area contributed by atoms with Crippen molar-refractivity contribution in [1.29, 1.82) is 0 Å². The molecule has 0 bridgehead atoms. The van der Waals surface area contributed by atoms with Crippen molar-refractivity contribution in [3.63, 3.8) is 0 Å². The Morgan fingerprint density at radius 1 is 1.47 bits per heavy atom. The lowest BCUT2D eigenvalue weighted by Gasteiger charge is -2.18. The maximum absolute atomic E-state index is 11.0. The number of carbonyl (C=O) groups is 1. The van der Waals surface area contributed by atoms with Gasteiger partial charge in [-0.15, -0.1) is 0 Å². The first kappa shape index (κ1) is 13.8. The van der Waals surface area contributed by atoms with Crippen LogP contribution in [0.1, 0.15) is 30.6 Å². The minimum Gasteiger partial charge on any atom is -0.478 e. The molecule has 0 aliphatic heterocycles. The van der Waals surface area contributed by atoms with Crippen LogP contribution in [0.3, 0.4) is 0 Å². The van der Waals surface area contributed by atoms with Crippen LogP contribution in [-0.2, 0) is 0 Å². The summed E-state index contributed by atoms with van der Waals surface area (Å²) in [5.74, 6) is -1.01. The highest BCUT2D eigenvalue weighted by Gasteiger charge is 2.13. The van der Waals surface area contributed by atoms with Crippen molar-refractivity contribution in [2.75, 3.05) is 5.32 Å². The highest BCUT2D eigenvalue weighted by atomic mass is 35.5. The summed E-state index contributed by atoms with van der Waals surface area (Å²) in [6.07, 6.45) is 0.0935. The molecule has 0 aromatic heterocycles. The summed E-state index contributed by atoms with van der Waals surface area (Å²) in [4.78, 5) is 11.0. The van der Waals surface area contributed by atoms with Gasteiger partial charge in [-0.1, -0.05) is 11.6 Å². The van der Waals surface area contributed by atoms with Crippen LogP contribution >= 0.6 is 11.6 Å². The van der Waals surface area contributed by atoms with E-state index in [2.05, 4.69) is 5.32 Å². The molecule has 5 heteroatoms. The summed E-state index contributed by atoms with van der Waals surface area (Å²) in [5.41, 5.74) is 0.644. The van der Waals surface area contributed by atoms with Gasteiger partial charge in [0.25, 0.3) is 0 Å². The van der Waals surface area contributed by atoms with Gasteiger partial charge in [0, 0.05) is 11.1 Å². The summed E-state index contributed by atoms with van der Waals surface area (Å²) in [6.45, 7) is 3.56. The van der Waals surface area contributed by atoms with Crippen LogP contribution in [0.15, 0.2) is 18.2 Å². The number of anilines is 1. The molecule has 17 heavy (non-hydrogen) atoms. The predicted molar refractivity (Wildman–Crippen MR) is 67.8 cm³/mol. The average Bonchev–Trinajstić information content (AvgIpc) is 2.15. The van der Waals surface area contributed by atoms with E-state index in [0.717, 1.165) is 0 Å². The molecule has 1 aromatic rings. The number of carboxylic acid groups (broad SMARTS) is 1. The summed E-state index contributed by atoms with van der Waals surface area (Å²) in [5, 5.41) is 21.8. The average molecular weight is 258 g/mol. The second-order valence-electron chi connectivity index (χ2n) is 4.13. The first-order valence-corrected chi connectivity index (χ1v) is 5.75. The minimum absolute atomic E-state index is 0.0356. The smallest absolute Gasteiger partial charge is 0.337 e. The number of aliphatic hydroxyl groups excluding tert-OH is 1. The van der Waals surface area contributed by atoms with Crippen molar-refractivity contribution in [1.82, 2.24) is 0 Å². The topological polar surface area (TPSA) is 69.6 Å². The van der Waals surface area contributed by atoms with Gasteiger partial charge >= 0.3 is 5.97 Å². The maximum atomic E-state index is 11.0. The maximum Gasteiger partial charge on any atom is 0.337 e. The van der Waals surface area contributed by atoms with Gasteiger partial charge in [-0.2, -0.15) is 0 Å². The Balaban J connectivity index is 2.88. The predicted octanol–water partition coefficient (Wildman–Crippen LogP) is 2.61. The third-order valence-electron chi connectivity index (χ3n) is 2.31. The lowest BCUT2D eigenvalue weighted by molar-refractivity contribution is 0.0698. The number of aliphatic hydroxyl groups is 1.